The molecule has 0 radical (unpaired) electrons. The molecular formula is C11H8F8N4. The van der Waals surface area contributed by atoms with Crippen LogP contribution in [0, 0.1) is 0 Å². The molecule has 0 saturated heterocycles. The number of hydrogen-bond donors (Lipinski definition) is 2. The molecule has 128 valence electrons. The van der Waals surface area contributed by atoms with E-state index in [9.17, 15) is 35.1 Å². The Balaban J connectivity index is 3.50. The van der Waals surface area contributed by atoms with E-state index in [1.807, 2.05) is 0 Å². The Morgan fingerprint density at radius 3 is 1.91 bits per heavy atom. The smallest absolute Gasteiger partial charge is 0.369 e. The SMILES string of the molecule is NC(N)=NN=Cc1ccc(C(F)(F)F)c(C(F)(F)C(F)(F)F)c1. The molecule has 0 aliphatic rings. The number of halogens is 8. The van der Waals surface area contributed by atoms with Crippen molar-refractivity contribution in [1.82, 2.24) is 0 Å². The van der Waals surface area contributed by atoms with Crippen LogP contribution in [0.2, 0.25) is 0 Å². The molecule has 12 heteroatoms. The van der Waals surface area contributed by atoms with Crippen LogP contribution in [0.3, 0.4) is 0 Å². The molecule has 0 amide bonds. The van der Waals surface area contributed by atoms with Gasteiger partial charge in [0.2, 0.25) is 5.96 Å². The predicted molar refractivity (Wildman–Crippen MR) is 64.8 cm³/mol. The van der Waals surface area contributed by atoms with Gasteiger partial charge in [-0.15, -0.1) is 5.10 Å². The fourth-order valence-corrected chi connectivity index (χ4v) is 1.46. The molecule has 0 aliphatic heterocycles. The second-order valence-corrected chi connectivity index (χ2v) is 4.14. The van der Waals surface area contributed by atoms with E-state index in [0.717, 1.165) is 0 Å². The lowest BCUT2D eigenvalue weighted by Crippen LogP contribution is -2.35. The van der Waals surface area contributed by atoms with Gasteiger partial charge in [0.05, 0.1) is 11.8 Å². The lowest BCUT2D eigenvalue weighted by Gasteiger charge is -2.23. The molecule has 4 N–H and O–H groups in total. The van der Waals surface area contributed by atoms with Crippen LogP contribution in [0.25, 0.3) is 0 Å². The molecule has 0 aromatic heterocycles. The van der Waals surface area contributed by atoms with E-state index < -0.39 is 40.9 Å². The van der Waals surface area contributed by atoms with Gasteiger partial charge in [0, 0.05) is 5.56 Å². The summed E-state index contributed by atoms with van der Waals surface area (Å²) < 4.78 is 102. The number of nitrogens with two attached hydrogens (primary N) is 2. The molecule has 0 aliphatic carbocycles. The quantitative estimate of drug-likeness (QED) is 0.381. The number of rotatable bonds is 3. The molecule has 0 bridgehead atoms. The third-order valence-corrected chi connectivity index (χ3v) is 2.42. The van der Waals surface area contributed by atoms with E-state index in [0.29, 0.717) is 12.3 Å². The molecule has 0 unspecified atom stereocenters. The molecule has 0 fully saturated rings. The predicted octanol–water partition coefficient (Wildman–Crippen LogP) is 2.97. The van der Waals surface area contributed by atoms with Gasteiger partial charge < -0.3 is 11.5 Å². The molecule has 4 nitrogen and oxygen atoms in total. The summed E-state index contributed by atoms with van der Waals surface area (Å²) in [6, 6.07) is 0.748. The van der Waals surface area contributed by atoms with Gasteiger partial charge in [0.1, 0.15) is 0 Å². The van der Waals surface area contributed by atoms with E-state index in [-0.39, 0.29) is 12.1 Å². The minimum absolute atomic E-state index is 0.0159. The van der Waals surface area contributed by atoms with Crippen LogP contribution >= 0.6 is 0 Å². The van der Waals surface area contributed by atoms with Crippen molar-refractivity contribution < 1.29 is 35.1 Å². The Bertz CT molecular complexity index is 626. The summed E-state index contributed by atoms with van der Waals surface area (Å²) in [5.74, 6) is -6.26. The van der Waals surface area contributed by atoms with E-state index in [2.05, 4.69) is 10.2 Å². The first kappa shape index (κ1) is 18.6. The van der Waals surface area contributed by atoms with Gasteiger partial charge in [0.25, 0.3) is 0 Å². The molecule has 1 aromatic rings. The van der Waals surface area contributed by atoms with E-state index in [4.69, 9.17) is 11.5 Å². The van der Waals surface area contributed by atoms with Crippen LogP contribution < -0.4 is 11.5 Å². The Kier molecular flexibility index (Phi) is 4.87. The maximum Gasteiger partial charge on any atom is 0.458 e. The molecule has 0 heterocycles. The third-order valence-electron chi connectivity index (χ3n) is 2.42. The highest BCUT2D eigenvalue weighted by atomic mass is 19.4. The van der Waals surface area contributed by atoms with Gasteiger partial charge >= 0.3 is 18.3 Å². The van der Waals surface area contributed by atoms with Crippen LogP contribution in [0.1, 0.15) is 16.7 Å². The highest BCUT2D eigenvalue weighted by Gasteiger charge is 2.61. The summed E-state index contributed by atoms with van der Waals surface area (Å²) in [5, 5.41) is 6.17. The molecule has 1 rings (SSSR count). The van der Waals surface area contributed by atoms with E-state index >= 15 is 0 Å². The van der Waals surface area contributed by atoms with Crippen molar-refractivity contribution in [3.8, 4) is 0 Å². The van der Waals surface area contributed by atoms with Crippen molar-refractivity contribution in [3.63, 3.8) is 0 Å². The number of hydrogen-bond acceptors (Lipinski definition) is 2. The Hall–Kier alpha value is -2.40. The fraction of sp³-hybridized carbons (Fsp3) is 0.273. The molecule has 23 heavy (non-hydrogen) atoms. The molecule has 0 atom stereocenters. The van der Waals surface area contributed by atoms with Crippen LogP contribution in [0.5, 0.6) is 0 Å². The van der Waals surface area contributed by atoms with Crippen molar-refractivity contribution in [1.29, 1.82) is 0 Å². The highest BCUT2D eigenvalue weighted by Crippen LogP contribution is 2.48. The molecule has 1 aromatic carbocycles. The number of alkyl halides is 8. The summed E-state index contributed by atoms with van der Waals surface area (Å²) in [7, 11) is 0. The zero-order valence-corrected chi connectivity index (χ0v) is 10.9. The fourth-order valence-electron chi connectivity index (χ4n) is 1.46. The summed E-state index contributed by atoms with van der Waals surface area (Å²) in [6.45, 7) is 0. The van der Waals surface area contributed by atoms with Crippen molar-refractivity contribution in [2.75, 3.05) is 0 Å². The number of guanidine groups is 1. The minimum Gasteiger partial charge on any atom is -0.369 e. The Morgan fingerprint density at radius 2 is 1.48 bits per heavy atom. The number of nitrogens with zero attached hydrogens (tertiary/aromatic N) is 2. The molecule has 0 saturated carbocycles. The highest BCUT2D eigenvalue weighted by molar-refractivity contribution is 5.82. The average Bonchev–Trinajstić information content (AvgIpc) is 2.35. The maximum atomic E-state index is 13.3. The normalized spacial score (nSPS) is 13.4. The van der Waals surface area contributed by atoms with Crippen LogP contribution in [-0.4, -0.2) is 18.4 Å². The summed E-state index contributed by atoms with van der Waals surface area (Å²) in [5.41, 5.74) is 4.94. The summed E-state index contributed by atoms with van der Waals surface area (Å²) in [6.07, 6.45) is -11.0. The van der Waals surface area contributed by atoms with Crippen LogP contribution in [0.4, 0.5) is 35.1 Å². The number of benzene rings is 1. The first-order chi connectivity index (χ1) is 10.3. The first-order valence-electron chi connectivity index (χ1n) is 5.55. The Labute approximate surface area is 123 Å². The second kappa shape index (κ2) is 6.01. The van der Waals surface area contributed by atoms with Crippen LogP contribution in [0.15, 0.2) is 28.4 Å². The van der Waals surface area contributed by atoms with Gasteiger partial charge in [-0.1, -0.05) is 6.07 Å². The standard InChI is InChI=1S/C11H8F8N4/c12-9(13,11(17,18)19)7-3-5(4-22-23-8(20)21)1-2-6(7)10(14,15)16/h1-4H,(H4,20,21,23). The zero-order chi connectivity index (χ0) is 18.1. The van der Waals surface area contributed by atoms with Gasteiger partial charge in [-0.2, -0.15) is 40.2 Å². The van der Waals surface area contributed by atoms with Crippen molar-refractivity contribution >= 4 is 12.2 Å². The largest absolute Gasteiger partial charge is 0.458 e. The minimum atomic E-state index is -6.21. The Morgan fingerprint density at radius 1 is 0.913 bits per heavy atom. The van der Waals surface area contributed by atoms with Gasteiger partial charge in [-0.3, -0.25) is 0 Å². The lowest BCUT2D eigenvalue weighted by molar-refractivity contribution is -0.291. The van der Waals surface area contributed by atoms with Crippen molar-refractivity contribution in [2.45, 2.75) is 18.3 Å². The van der Waals surface area contributed by atoms with Gasteiger partial charge in [-0.25, -0.2) is 0 Å². The second-order valence-electron chi connectivity index (χ2n) is 4.14. The van der Waals surface area contributed by atoms with E-state index in [1.54, 1.807) is 0 Å². The van der Waals surface area contributed by atoms with Gasteiger partial charge in [0.15, 0.2) is 0 Å². The molecule has 0 spiro atoms. The van der Waals surface area contributed by atoms with Crippen molar-refractivity contribution in [2.24, 2.45) is 21.7 Å². The average molecular weight is 348 g/mol. The van der Waals surface area contributed by atoms with E-state index in [1.165, 1.54) is 0 Å². The zero-order valence-electron chi connectivity index (χ0n) is 10.9. The van der Waals surface area contributed by atoms with Crippen molar-refractivity contribution in [3.05, 3.63) is 34.9 Å². The van der Waals surface area contributed by atoms with Crippen LogP contribution in [-0.2, 0) is 12.1 Å². The first-order valence-corrected chi connectivity index (χ1v) is 5.55. The van der Waals surface area contributed by atoms with Gasteiger partial charge in [-0.05, 0) is 17.7 Å². The third kappa shape index (κ3) is 4.29. The molecular weight excluding hydrogens is 340 g/mol. The maximum absolute atomic E-state index is 13.3. The monoisotopic (exact) mass is 348 g/mol. The topological polar surface area (TPSA) is 76.8 Å². The lowest BCUT2D eigenvalue weighted by atomic mass is 9.98. The summed E-state index contributed by atoms with van der Waals surface area (Å²) in [4.78, 5) is 0. The summed E-state index contributed by atoms with van der Waals surface area (Å²) >= 11 is 0.